The quantitative estimate of drug-likeness (QED) is 0.409. The Morgan fingerprint density at radius 3 is 2.85 bits per heavy atom. The Hall–Kier alpha value is -2.77. The fourth-order valence-electron chi connectivity index (χ4n) is 5.00. The monoisotopic (exact) mass is 469 g/mol. The van der Waals surface area contributed by atoms with Gasteiger partial charge >= 0.3 is 0 Å². The van der Waals surface area contributed by atoms with Crippen molar-refractivity contribution in [3.05, 3.63) is 64.6 Å². The van der Waals surface area contributed by atoms with E-state index in [9.17, 15) is 9.18 Å². The first-order valence-electron chi connectivity index (χ1n) is 12.0. The third-order valence-electron chi connectivity index (χ3n) is 6.76. The number of nitrogens with zero attached hydrogens (tertiary/aromatic N) is 2. The highest BCUT2D eigenvalue weighted by atomic mass is 19.1. The van der Waals surface area contributed by atoms with Gasteiger partial charge in [0.2, 0.25) is 0 Å². The minimum absolute atomic E-state index is 0.280. The van der Waals surface area contributed by atoms with Gasteiger partial charge in [-0.05, 0) is 56.1 Å². The number of alkyl halides is 1. The highest BCUT2D eigenvalue weighted by Crippen LogP contribution is 2.42. The first-order valence-corrected chi connectivity index (χ1v) is 12.0. The maximum Gasteiger partial charge on any atom is 0.128 e. The van der Waals surface area contributed by atoms with Gasteiger partial charge in [-0.1, -0.05) is 18.2 Å². The van der Waals surface area contributed by atoms with Crippen molar-refractivity contribution in [2.45, 2.75) is 32.2 Å². The summed E-state index contributed by atoms with van der Waals surface area (Å²) in [5.74, 6) is 0.367. The van der Waals surface area contributed by atoms with Gasteiger partial charge < -0.3 is 19.4 Å². The number of hydrogen-bond acceptors (Lipinski definition) is 4. The van der Waals surface area contributed by atoms with Crippen LogP contribution in [0.3, 0.4) is 0 Å². The van der Waals surface area contributed by atoms with E-state index in [4.69, 9.17) is 4.74 Å². The van der Waals surface area contributed by atoms with Gasteiger partial charge in [0.15, 0.2) is 0 Å². The molecular weight excluding hydrogens is 436 g/mol. The zero-order valence-corrected chi connectivity index (χ0v) is 19.9. The van der Waals surface area contributed by atoms with Crippen LogP contribution in [0, 0.1) is 12.7 Å². The smallest absolute Gasteiger partial charge is 0.128 e. The Labute approximate surface area is 199 Å². The number of fused-ring (bicyclic) bond motifs is 3. The van der Waals surface area contributed by atoms with Gasteiger partial charge in [-0.25, -0.2) is 4.39 Å². The van der Waals surface area contributed by atoms with Crippen LogP contribution in [0.2, 0.25) is 0 Å². The lowest BCUT2D eigenvalue weighted by Crippen LogP contribution is -2.37. The van der Waals surface area contributed by atoms with Crippen LogP contribution in [0.25, 0.3) is 10.9 Å². The summed E-state index contributed by atoms with van der Waals surface area (Å²) in [6.45, 7) is 4.64. The topological polar surface area (TPSA) is 48.6 Å². The van der Waals surface area contributed by atoms with Crippen molar-refractivity contribution in [3.63, 3.8) is 0 Å². The molecule has 182 valence electrons. The van der Waals surface area contributed by atoms with E-state index >= 15 is 4.39 Å². The van der Waals surface area contributed by atoms with Gasteiger partial charge in [0, 0.05) is 54.8 Å². The molecule has 0 fully saturated rings. The summed E-state index contributed by atoms with van der Waals surface area (Å²) in [6, 6.07) is 11.0. The second-order valence-corrected chi connectivity index (χ2v) is 8.99. The van der Waals surface area contributed by atoms with Crippen molar-refractivity contribution in [1.29, 1.82) is 0 Å². The van der Waals surface area contributed by atoms with Crippen LogP contribution in [-0.2, 0) is 11.2 Å². The summed E-state index contributed by atoms with van der Waals surface area (Å²) in [5, 5.41) is 1.17. The van der Waals surface area contributed by atoms with E-state index in [1.54, 1.807) is 6.07 Å². The molecule has 1 aliphatic rings. The lowest BCUT2D eigenvalue weighted by atomic mass is 9.89. The van der Waals surface area contributed by atoms with E-state index in [2.05, 4.69) is 16.0 Å². The molecule has 34 heavy (non-hydrogen) atoms. The van der Waals surface area contributed by atoms with E-state index in [0.29, 0.717) is 50.4 Å². The Kier molecular flexibility index (Phi) is 7.95. The van der Waals surface area contributed by atoms with E-state index < -0.39 is 0 Å². The zero-order valence-electron chi connectivity index (χ0n) is 19.9. The fourth-order valence-corrected chi connectivity index (χ4v) is 5.00. The van der Waals surface area contributed by atoms with Crippen LogP contribution in [0.15, 0.2) is 36.4 Å². The molecule has 0 saturated heterocycles. The van der Waals surface area contributed by atoms with Crippen LogP contribution >= 0.6 is 0 Å². The number of para-hydroxylation sites is 1. The SMILES string of the molecule is Cc1c(OCCN(C)CCCF)ccc(F)c1C1c2[nH]c3ccccc3c2CCN1CCC=O. The molecule has 0 radical (unpaired) electrons. The molecule has 1 atom stereocenters. The third kappa shape index (κ3) is 5.00. The number of likely N-dealkylation sites (N-methyl/N-ethyl adjacent to an activating group) is 1. The molecule has 1 aliphatic heterocycles. The Bertz CT molecular complexity index is 1130. The summed E-state index contributed by atoms with van der Waals surface area (Å²) >= 11 is 0. The lowest BCUT2D eigenvalue weighted by molar-refractivity contribution is -0.108. The number of H-pyrrole nitrogens is 1. The fraction of sp³-hybridized carbons (Fsp3) is 0.444. The molecule has 1 unspecified atom stereocenters. The maximum atomic E-state index is 15.4. The largest absolute Gasteiger partial charge is 0.492 e. The second-order valence-electron chi connectivity index (χ2n) is 8.99. The molecule has 0 saturated carbocycles. The van der Waals surface area contributed by atoms with Crippen LogP contribution in [0.5, 0.6) is 5.75 Å². The number of nitrogens with one attached hydrogen (secondary N) is 1. The first-order chi connectivity index (χ1) is 16.5. The first kappa shape index (κ1) is 24.4. The molecular formula is C27H33F2N3O2. The van der Waals surface area contributed by atoms with E-state index in [1.807, 2.05) is 37.1 Å². The third-order valence-corrected chi connectivity index (χ3v) is 6.76. The van der Waals surface area contributed by atoms with Crippen LogP contribution < -0.4 is 4.74 Å². The molecule has 3 aromatic rings. The van der Waals surface area contributed by atoms with E-state index in [-0.39, 0.29) is 18.5 Å². The van der Waals surface area contributed by atoms with Crippen molar-refractivity contribution in [3.8, 4) is 5.75 Å². The van der Waals surface area contributed by atoms with Gasteiger partial charge in [0.05, 0.1) is 12.7 Å². The van der Waals surface area contributed by atoms with Gasteiger partial charge in [0.1, 0.15) is 24.5 Å². The molecule has 5 nitrogen and oxygen atoms in total. The normalized spacial score (nSPS) is 16.2. The molecule has 0 spiro atoms. The van der Waals surface area contributed by atoms with Crippen molar-refractivity contribution < 1.29 is 18.3 Å². The Morgan fingerprint density at radius 2 is 2.06 bits per heavy atom. The average Bonchev–Trinajstić information content (AvgIpc) is 3.22. The minimum atomic E-state index is -0.330. The Morgan fingerprint density at radius 1 is 1.24 bits per heavy atom. The van der Waals surface area contributed by atoms with Gasteiger partial charge in [-0.15, -0.1) is 0 Å². The number of benzene rings is 2. The molecule has 7 heteroatoms. The molecule has 2 aromatic carbocycles. The minimum Gasteiger partial charge on any atom is -0.492 e. The van der Waals surface area contributed by atoms with Crippen molar-refractivity contribution in [2.24, 2.45) is 0 Å². The molecule has 4 rings (SSSR count). The predicted octanol–water partition coefficient (Wildman–Crippen LogP) is 4.82. The van der Waals surface area contributed by atoms with Crippen molar-refractivity contribution >= 4 is 17.2 Å². The van der Waals surface area contributed by atoms with Crippen molar-refractivity contribution in [1.82, 2.24) is 14.8 Å². The number of aromatic nitrogens is 1. The number of rotatable bonds is 11. The standard InChI is InChI=1S/C27H33F2N3O2/c1-19-24(34-18-16-31(2)13-5-12-28)10-9-22(29)25(19)27-26-21(11-15-32(27)14-6-17-33)20-7-3-4-8-23(20)30-26/h3-4,7-10,17,27,30H,5-6,11-16,18H2,1-2H3. The van der Waals surface area contributed by atoms with E-state index in [1.165, 1.54) is 17.0 Å². The molecule has 1 N–H and O–H groups in total. The maximum absolute atomic E-state index is 15.4. The van der Waals surface area contributed by atoms with Gasteiger partial charge in [-0.2, -0.15) is 0 Å². The number of aromatic amines is 1. The summed E-state index contributed by atoms with van der Waals surface area (Å²) < 4.78 is 33.9. The van der Waals surface area contributed by atoms with Crippen LogP contribution in [0.1, 0.15) is 41.3 Å². The number of halogens is 2. The molecule has 0 amide bonds. The van der Waals surface area contributed by atoms with Gasteiger partial charge in [0.25, 0.3) is 0 Å². The zero-order chi connectivity index (χ0) is 24.1. The summed E-state index contributed by atoms with van der Waals surface area (Å²) in [7, 11) is 1.94. The van der Waals surface area contributed by atoms with Crippen LogP contribution in [0.4, 0.5) is 8.78 Å². The molecule has 1 aromatic heterocycles. The van der Waals surface area contributed by atoms with Crippen LogP contribution in [-0.4, -0.2) is 67.6 Å². The van der Waals surface area contributed by atoms with Crippen molar-refractivity contribution in [2.75, 3.05) is 46.5 Å². The summed E-state index contributed by atoms with van der Waals surface area (Å²) in [6.07, 6.45) is 2.66. The Balaban J connectivity index is 1.68. The highest BCUT2D eigenvalue weighted by Gasteiger charge is 2.34. The summed E-state index contributed by atoms with van der Waals surface area (Å²) in [4.78, 5) is 18.9. The molecule has 2 heterocycles. The summed E-state index contributed by atoms with van der Waals surface area (Å²) in [5.41, 5.74) is 4.59. The number of hydrogen-bond donors (Lipinski definition) is 1. The molecule has 0 aliphatic carbocycles. The number of carbonyl (C=O) groups excluding carboxylic acids is 1. The lowest BCUT2D eigenvalue weighted by Gasteiger charge is -2.37. The molecule has 0 bridgehead atoms. The number of ether oxygens (including phenoxy) is 1. The second kappa shape index (κ2) is 11.1. The highest BCUT2D eigenvalue weighted by molar-refractivity contribution is 5.85. The number of aldehydes is 1. The number of carbonyl (C=O) groups is 1. The van der Waals surface area contributed by atoms with Gasteiger partial charge in [-0.3, -0.25) is 9.29 Å². The average molecular weight is 470 g/mol. The van der Waals surface area contributed by atoms with E-state index in [0.717, 1.165) is 36.0 Å². The predicted molar refractivity (Wildman–Crippen MR) is 131 cm³/mol.